The Morgan fingerprint density at radius 1 is 1.13 bits per heavy atom. The first kappa shape index (κ1) is 22.3. The van der Waals surface area contributed by atoms with E-state index in [4.69, 9.17) is 5.73 Å². The van der Waals surface area contributed by atoms with Gasteiger partial charge in [0.05, 0.1) is 34.4 Å². The molecular weight excluding hydrogens is 412 g/mol. The van der Waals surface area contributed by atoms with E-state index < -0.39 is 0 Å². The van der Waals surface area contributed by atoms with E-state index in [1.807, 2.05) is 35.8 Å². The number of anilines is 3. The molecular formula is C22H26N6O2S. The first-order chi connectivity index (χ1) is 14.9. The minimum Gasteiger partial charge on any atom is -0.397 e. The van der Waals surface area contributed by atoms with Gasteiger partial charge in [0.25, 0.3) is 5.91 Å². The van der Waals surface area contributed by atoms with Gasteiger partial charge in [0.15, 0.2) is 0 Å². The van der Waals surface area contributed by atoms with Crippen LogP contribution < -0.4 is 21.7 Å². The maximum atomic E-state index is 12.5. The Hall–Kier alpha value is -3.43. The van der Waals surface area contributed by atoms with E-state index in [9.17, 15) is 9.59 Å². The van der Waals surface area contributed by atoms with E-state index in [1.54, 1.807) is 36.4 Å². The third-order valence-electron chi connectivity index (χ3n) is 4.56. The SMILES string of the molecule is CN(C)CCC(NC(=O)Nc1ccsc1)c1ccc(C(=O)Nc2ccccc2N)cn1. The van der Waals surface area contributed by atoms with Crippen molar-refractivity contribution in [1.29, 1.82) is 0 Å². The highest BCUT2D eigenvalue weighted by atomic mass is 32.1. The maximum absolute atomic E-state index is 12.5. The highest BCUT2D eigenvalue weighted by Crippen LogP contribution is 2.20. The molecule has 31 heavy (non-hydrogen) atoms. The summed E-state index contributed by atoms with van der Waals surface area (Å²) in [4.78, 5) is 31.4. The van der Waals surface area contributed by atoms with Crippen LogP contribution in [0.25, 0.3) is 0 Å². The summed E-state index contributed by atoms with van der Waals surface area (Å²) in [5, 5.41) is 12.3. The first-order valence-corrected chi connectivity index (χ1v) is 10.7. The van der Waals surface area contributed by atoms with Gasteiger partial charge in [-0.1, -0.05) is 12.1 Å². The van der Waals surface area contributed by atoms with Gasteiger partial charge in [0.1, 0.15) is 0 Å². The minimum atomic E-state index is -0.303. The van der Waals surface area contributed by atoms with Gasteiger partial charge in [0, 0.05) is 11.6 Å². The number of urea groups is 1. The molecule has 0 saturated carbocycles. The van der Waals surface area contributed by atoms with Gasteiger partial charge in [-0.2, -0.15) is 11.3 Å². The van der Waals surface area contributed by atoms with Crippen molar-refractivity contribution in [2.24, 2.45) is 0 Å². The van der Waals surface area contributed by atoms with Gasteiger partial charge in [0.2, 0.25) is 0 Å². The van der Waals surface area contributed by atoms with Crippen molar-refractivity contribution >= 4 is 40.3 Å². The summed E-state index contributed by atoms with van der Waals surface area (Å²) in [7, 11) is 3.94. The molecule has 5 N–H and O–H groups in total. The molecule has 162 valence electrons. The van der Waals surface area contributed by atoms with Gasteiger partial charge in [-0.15, -0.1) is 0 Å². The predicted molar refractivity (Wildman–Crippen MR) is 125 cm³/mol. The highest BCUT2D eigenvalue weighted by molar-refractivity contribution is 7.08. The number of aromatic nitrogens is 1. The van der Waals surface area contributed by atoms with Crippen molar-refractivity contribution in [3.8, 4) is 0 Å². The summed E-state index contributed by atoms with van der Waals surface area (Å²) in [5.74, 6) is -0.301. The molecule has 0 bridgehead atoms. The Bertz CT molecular complexity index is 1010. The number of pyridine rings is 1. The molecule has 0 aliphatic rings. The lowest BCUT2D eigenvalue weighted by atomic mass is 10.1. The topological polar surface area (TPSA) is 112 Å². The molecule has 1 unspecified atom stereocenters. The Morgan fingerprint density at radius 2 is 1.94 bits per heavy atom. The number of carbonyl (C=O) groups is 2. The van der Waals surface area contributed by atoms with Gasteiger partial charge >= 0.3 is 6.03 Å². The van der Waals surface area contributed by atoms with E-state index in [0.717, 1.165) is 12.2 Å². The first-order valence-electron chi connectivity index (χ1n) is 9.78. The van der Waals surface area contributed by atoms with Crippen molar-refractivity contribution < 1.29 is 9.59 Å². The summed E-state index contributed by atoms with van der Waals surface area (Å²) >= 11 is 1.51. The zero-order valence-electron chi connectivity index (χ0n) is 17.5. The van der Waals surface area contributed by atoms with Crippen molar-refractivity contribution in [2.75, 3.05) is 37.0 Å². The number of thiophene rings is 1. The van der Waals surface area contributed by atoms with Crippen molar-refractivity contribution in [3.63, 3.8) is 0 Å². The fourth-order valence-corrected chi connectivity index (χ4v) is 3.48. The molecule has 9 heteroatoms. The lowest BCUT2D eigenvalue weighted by Crippen LogP contribution is -2.34. The van der Waals surface area contributed by atoms with Crippen LogP contribution in [-0.4, -0.2) is 42.5 Å². The molecule has 0 aliphatic heterocycles. The number of nitrogens with one attached hydrogen (secondary N) is 3. The second kappa shape index (κ2) is 10.6. The highest BCUT2D eigenvalue weighted by Gasteiger charge is 2.18. The van der Waals surface area contributed by atoms with Crippen molar-refractivity contribution in [2.45, 2.75) is 12.5 Å². The summed E-state index contributed by atoms with van der Waals surface area (Å²) in [6, 6.07) is 11.7. The van der Waals surface area contributed by atoms with Crippen LogP contribution in [0.15, 0.2) is 59.4 Å². The normalized spacial score (nSPS) is 11.7. The lowest BCUT2D eigenvalue weighted by Gasteiger charge is -2.21. The number of amides is 3. The summed E-state index contributed by atoms with van der Waals surface area (Å²) in [6.07, 6.45) is 2.17. The molecule has 1 aromatic carbocycles. The lowest BCUT2D eigenvalue weighted by molar-refractivity contribution is 0.102. The van der Waals surface area contributed by atoms with Crippen LogP contribution in [0.2, 0.25) is 0 Å². The molecule has 0 fully saturated rings. The van der Waals surface area contributed by atoms with Gasteiger partial charge in [-0.25, -0.2) is 4.79 Å². The Kier molecular flexibility index (Phi) is 7.58. The zero-order valence-corrected chi connectivity index (χ0v) is 18.3. The average molecular weight is 439 g/mol. The Morgan fingerprint density at radius 3 is 2.58 bits per heavy atom. The van der Waals surface area contributed by atoms with Gasteiger partial charge < -0.3 is 26.6 Å². The average Bonchev–Trinajstić information content (AvgIpc) is 3.25. The number of nitrogens with zero attached hydrogens (tertiary/aromatic N) is 2. The number of hydrogen-bond acceptors (Lipinski definition) is 6. The van der Waals surface area contributed by atoms with Crippen LogP contribution in [0.4, 0.5) is 21.9 Å². The zero-order chi connectivity index (χ0) is 22.2. The summed E-state index contributed by atoms with van der Waals surface area (Å²) < 4.78 is 0. The number of rotatable bonds is 8. The second-order valence-electron chi connectivity index (χ2n) is 7.27. The van der Waals surface area contributed by atoms with Crippen LogP contribution in [0, 0.1) is 0 Å². The molecule has 0 spiro atoms. The smallest absolute Gasteiger partial charge is 0.319 e. The minimum absolute atomic E-state index is 0.301. The predicted octanol–water partition coefficient (Wildman–Crippen LogP) is 3.79. The molecule has 2 heterocycles. The maximum Gasteiger partial charge on any atom is 0.319 e. The number of para-hydroxylation sites is 2. The fraction of sp³-hybridized carbons (Fsp3) is 0.227. The molecule has 0 radical (unpaired) electrons. The molecule has 1 atom stereocenters. The quantitative estimate of drug-likeness (QED) is 0.400. The number of hydrogen-bond donors (Lipinski definition) is 4. The molecule has 0 saturated heterocycles. The van der Waals surface area contributed by atoms with E-state index in [-0.39, 0.29) is 18.0 Å². The van der Waals surface area contributed by atoms with Crippen molar-refractivity contribution in [1.82, 2.24) is 15.2 Å². The van der Waals surface area contributed by atoms with E-state index in [2.05, 4.69) is 20.9 Å². The van der Waals surface area contributed by atoms with Crippen molar-refractivity contribution in [3.05, 3.63) is 70.7 Å². The molecule has 2 aromatic heterocycles. The Balaban J connectivity index is 1.69. The van der Waals surface area contributed by atoms with Crippen LogP contribution in [0.1, 0.15) is 28.5 Å². The number of nitrogens with two attached hydrogens (primary N) is 1. The summed E-state index contributed by atoms with van der Waals surface area (Å²) in [5.41, 5.74) is 8.75. The van der Waals surface area contributed by atoms with Gasteiger partial charge in [-0.3, -0.25) is 9.78 Å². The largest absolute Gasteiger partial charge is 0.397 e. The van der Waals surface area contributed by atoms with Gasteiger partial charge in [-0.05, 0) is 62.8 Å². The number of carbonyl (C=O) groups excluding carboxylic acids is 2. The van der Waals surface area contributed by atoms with Crippen LogP contribution >= 0.6 is 11.3 Å². The number of nitrogen functional groups attached to an aromatic ring is 1. The third-order valence-corrected chi connectivity index (χ3v) is 5.25. The third kappa shape index (κ3) is 6.53. The molecule has 3 amide bonds. The van der Waals surface area contributed by atoms with Crippen LogP contribution in [0.3, 0.4) is 0 Å². The Labute approximate surface area is 185 Å². The fourth-order valence-electron chi connectivity index (χ4n) is 2.89. The standard InChI is InChI=1S/C22H26N6O2S/c1-28(2)11-9-20(27-22(30)25-16-10-12-31-14-16)19-8-7-15(13-24-19)21(29)26-18-6-4-3-5-17(18)23/h3-8,10,12-14,20H,9,11,23H2,1-2H3,(H,26,29)(H2,25,27,30). The molecule has 3 aromatic rings. The molecule has 3 rings (SSSR count). The summed E-state index contributed by atoms with van der Waals surface area (Å²) in [6.45, 7) is 0.764. The van der Waals surface area contributed by atoms with E-state index >= 15 is 0 Å². The molecule has 8 nitrogen and oxygen atoms in total. The van der Waals surface area contributed by atoms with Crippen LogP contribution in [-0.2, 0) is 0 Å². The monoisotopic (exact) mass is 438 g/mol. The second-order valence-corrected chi connectivity index (χ2v) is 8.05. The molecule has 0 aliphatic carbocycles. The number of benzene rings is 1. The van der Waals surface area contributed by atoms with Crippen LogP contribution in [0.5, 0.6) is 0 Å². The van der Waals surface area contributed by atoms with E-state index in [1.165, 1.54) is 17.5 Å². The van der Waals surface area contributed by atoms with E-state index in [0.29, 0.717) is 29.1 Å².